The maximum Gasteiger partial charge on any atom is 0.364 e. The summed E-state index contributed by atoms with van der Waals surface area (Å²) in [5.41, 5.74) is 5.66. The zero-order chi connectivity index (χ0) is 43.5. The van der Waals surface area contributed by atoms with E-state index in [2.05, 4.69) is 0 Å². The molecule has 0 amide bonds. The average Bonchev–Trinajstić information content (AvgIpc) is 3.99. The predicted octanol–water partition coefficient (Wildman–Crippen LogP) is 9.90. The number of sulfonamides is 1. The summed E-state index contributed by atoms with van der Waals surface area (Å²) in [6.45, 7) is 11.8. The zero-order valence-corrected chi connectivity index (χ0v) is 36.8. The van der Waals surface area contributed by atoms with Crippen LogP contribution < -0.4 is 22.8 Å². The SMILES string of the molecule is COc1c(C)cc(N(c2ccc(C)cc2)S(=O)(=O)O)c(N(c2cc(C)c(OC)c(C)c2-n2c3ccccc3c3c(OCC4CO4)cccc32)S(=O)(=O)c2ccc(C)cc2)c1C. The highest BCUT2D eigenvalue weighted by Crippen LogP contribution is 2.52. The van der Waals surface area contributed by atoms with Gasteiger partial charge in [-0.2, -0.15) is 8.42 Å². The topological polar surface area (TPSA) is 140 Å². The molecule has 14 heteroatoms. The Hall–Kier alpha value is -6.06. The number of hydrogen-bond acceptors (Lipinski definition) is 8. The number of epoxide rings is 1. The maximum absolute atomic E-state index is 15.9. The fourth-order valence-corrected chi connectivity index (χ4v) is 10.6. The first-order valence-electron chi connectivity index (χ1n) is 19.7. The highest BCUT2D eigenvalue weighted by Gasteiger charge is 2.39. The first kappa shape index (κ1) is 41.7. The lowest BCUT2D eigenvalue weighted by atomic mass is 10.0. The van der Waals surface area contributed by atoms with E-state index in [4.69, 9.17) is 18.9 Å². The number of hydrogen-bond donors (Lipinski definition) is 1. The van der Waals surface area contributed by atoms with Gasteiger partial charge in [-0.15, -0.1) is 0 Å². The third kappa shape index (κ3) is 7.33. The van der Waals surface area contributed by atoms with E-state index in [-0.39, 0.29) is 33.7 Å². The summed E-state index contributed by atoms with van der Waals surface area (Å²) >= 11 is 0. The van der Waals surface area contributed by atoms with Crippen molar-refractivity contribution in [1.29, 1.82) is 0 Å². The summed E-state index contributed by atoms with van der Waals surface area (Å²) in [6.07, 6.45) is 0.00509. The molecule has 1 unspecified atom stereocenters. The molecule has 12 nitrogen and oxygen atoms in total. The number of aryl methyl sites for hydroxylation is 4. The molecule has 61 heavy (non-hydrogen) atoms. The molecule has 1 aliphatic rings. The number of nitrogens with zero attached hydrogens (tertiary/aromatic N) is 3. The van der Waals surface area contributed by atoms with Crippen LogP contribution in [0.4, 0.5) is 22.7 Å². The van der Waals surface area contributed by atoms with Gasteiger partial charge in [0, 0.05) is 21.9 Å². The Kier molecular flexibility index (Phi) is 10.8. The van der Waals surface area contributed by atoms with Gasteiger partial charge in [0.2, 0.25) is 0 Å². The van der Waals surface area contributed by atoms with E-state index < -0.39 is 20.3 Å². The molecule has 1 aromatic heterocycles. The lowest BCUT2D eigenvalue weighted by Crippen LogP contribution is -2.33. The average molecular weight is 862 g/mol. The quantitative estimate of drug-likeness (QED) is 0.0886. The van der Waals surface area contributed by atoms with Gasteiger partial charge in [0.25, 0.3) is 10.0 Å². The molecule has 1 aliphatic heterocycles. The number of benzene rings is 6. The number of aromatic nitrogens is 1. The van der Waals surface area contributed by atoms with Crippen LogP contribution in [0.3, 0.4) is 0 Å². The second kappa shape index (κ2) is 15.8. The highest BCUT2D eigenvalue weighted by atomic mass is 32.2. The van der Waals surface area contributed by atoms with Crippen molar-refractivity contribution in [3.63, 3.8) is 0 Å². The molecule has 0 radical (unpaired) electrons. The van der Waals surface area contributed by atoms with Crippen LogP contribution in [-0.4, -0.2) is 59.5 Å². The van der Waals surface area contributed by atoms with Crippen molar-refractivity contribution >= 4 is 64.9 Å². The van der Waals surface area contributed by atoms with Crippen LogP contribution in [0.15, 0.2) is 108 Å². The molecule has 0 aliphatic carbocycles. The van der Waals surface area contributed by atoms with Gasteiger partial charge in [-0.25, -0.2) is 17.0 Å². The number of para-hydroxylation sites is 1. The monoisotopic (exact) mass is 861 g/mol. The Morgan fingerprint density at radius 1 is 0.705 bits per heavy atom. The summed E-state index contributed by atoms with van der Waals surface area (Å²) in [6, 6.07) is 29.8. The molecular weight excluding hydrogens is 815 g/mol. The fourth-order valence-electron chi connectivity index (χ4n) is 8.30. The van der Waals surface area contributed by atoms with Crippen LogP contribution in [0.25, 0.3) is 27.5 Å². The van der Waals surface area contributed by atoms with Gasteiger partial charge in [-0.3, -0.25) is 4.55 Å². The summed E-state index contributed by atoms with van der Waals surface area (Å²) in [4.78, 5) is -0.0611. The van der Waals surface area contributed by atoms with Gasteiger partial charge < -0.3 is 23.5 Å². The van der Waals surface area contributed by atoms with E-state index in [0.29, 0.717) is 58.4 Å². The lowest BCUT2D eigenvalue weighted by molar-refractivity contribution is 0.265. The number of ether oxygens (including phenoxy) is 4. The third-order valence-corrected chi connectivity index (χ3v) is 13.7. The molecule has 8 rings (SSSR count). The first-order valence-corrected chi connectivity index (χ1v) is 22.5. The van der Waals surface area contributed by atoms with Crippen molar-refractivity contribution in [2.75, 3.05) is 36.0 Å². The molecule has 1 N–H and O–H groups in total. The van der Waals surface area contributed by atoms with Crippen molar-refractivity contribution in [2.45, 2.75) is 52.5 Å². The van der Waals surface area contributed by atoms with Crippen LogP contribution >= 0.6 is 0 Å². The van der Waals surface area contributed by atoms with E-state index in [0.717, 1.165) is 37.2 Å². The largest absolute Gasteiger partial charge is 0.496 e. The molecule has 7 aromatic rings. The molecule has 0 spiro atoms. The van der Waals surface area contributed by atoms with Crippen LogP contribution in [0.5, 0.6) is 17.2 Å². The Labute approximate surface area is 356 Å². The summed E-state index contributed by atoms with van der Waals surface area (Å²) in [5, 5.41) is 1.66. The molecule has 1 atom stereocenters. The molecule has 0 bridgehead atoms. The van der Waals surface area contributed by atoms with Crippen molar-refractivity contribution in [1.82, 2.24) is 4.57 Å². The van der Waals surface area contributed by atoms with Crippen LogP contribution in [0.1, 0.15) is 33.4 Å². The van der Waals surface area contributed by atoms with E-state index >= 15 is 8.42 Å². The molecule has 0 saturated carbocycles. The van der Waals surface area contributed by atoms with Crippen molar-refractivity contribution < 1.29 is 40.3 Å². The second-order valence-electron chi connectivity index (χ2n) is 15.4. The second-order valence-corrected chi connectivity index (χ2v) is 18.4. The summed E-state index contributed by atoms with van der Waals surface area (Å²) in [7, 11) is -6.77. The third-order valence-electron chi connectivity index (χ3n) is 11.1. The van der Waals surface area contributed by atoms with Gasteiger partial charge in [0.15, 0.2) is 0 Å². The summed E-state index contributed by atoms with van der Waals surface area (Å²) in [5.74, 6) is 1.48. The molecule has 6 aromatic carbocycles. The van der Waals surface area contributed by atoms with Crippen LogP contribution in [0, 0.1) is 41.5 Å². The fraction of sp³-hybridized carbons (Fsp3) is 0.234. The highest BCUT2D eigenvalue weighted by molar-refractivity contribution is 7.93. The Bertz CT molecular complexity index is 3070. The minimum atomic E-state index is -5.12. The number of fused-ring (bicyclic) bond motifs is 3. The van der Waals surface area contributed by atoms with E-state index in [9.17, 15) is 13.0 Å². The Morgan fingerprint density at radius 3 is 1.89 bits per heavy atom. The summed E-state index contributed by atoms with van der Waals surface area (Å²) < 4.78 is 98.3. The number of methoxy groups -OCH3 is 2. The van der Waals surface area contributed by atoms with Crippen molar-refractivity contribution in [2.24, 2.45) is 0 Å². The van der Waals surface area contributed by atoms with E-state index in [1.165, 1.54) is 29.6 Å². The van der Waals surface area contributed by atoms with Gasteiger partial charge in [-0.05, 0) is 107 Å². The van der Waals surface area contributed by atoms with Gasteiger partial charge in [0.05, 0.1) is 65.2 Å². The minimum Gasteiger partial charge on any atom is -0.496 e. The van der Waals surface area contributed by atoms with E-state index in [1.807, 2.05) is 74.7 Å². The molecular formula is C47H47N3O9S2. The number of anilines is 4. The maximum atomic E-state index is 15.9. The van der Waals surface area contributed by atoms with Crippen LogP contribution in [-0.2, 0) is 25.1 Å². The smallest absolute Gasteiger partial charge is 0.364 e. The zero-order valence-electron chi connectivity index (χ0n) is 35.2. The van der Waals surface area contributed by atoms with Gasteiger partial charge in [-0.1, -0.05) is 59.7 Å². The van der Waals surface area contributed by atoms with E-state index in [1.54, 1.807) is 63.4 Å². The molecule has 1 saturated heterocycles. The Balaban J connectivity index is 1.56. The first-order chi connectivity index (χ1) is 29.1. The standard InChI is InChI=1S/C47H47N3O9S2/c1-28-16-20-34(21-17-28)49(61(53,54)55)41-25-31(4)47(57-8)33(6)45(41)50(60(51,52)36-22-18-29(2)19-23-36)40-24-30(3)46(56-7)32(5)44(40)48-38-13-10-9-12-37(38)43-39(48)14-11-15-42(43)59-27-35-26-58-35/h9-25,35H,26-27H2,1-8H3,(H,53,54,55). The minimum absolute atomic E-state index is 0.00509. The molecule has 316 valence electrons. The predicted molar refractivity (Wildman–Crippen MR) is 240 cm³/mol. The van der Waals surface area contributed by atoms with Gasteiger partial charge in [0.1, 0.15) is 30.0 Å². The van der Waals surface area contributed by atoms with Crippen molar-refractivity contribution in [3.05, 3.63) is 137 Å². The van der Waals surface area contributed by atoms with Gasteiger partial charge >= 0.3 is 10.3 Å². The molecule has 1 fully saturated rings. The lowest BCUT2D eigenvalue weighted by Gasteiger charge is -2.35. The molecule has 2 heterocycles. The van der Waals surface area contributed by atoms with Crippen LogP contribution in [0.2, 0.25) is 0 Å². The number of rotatable bonds is 13. The Morgan fingerprint density at radius 2 is 1.28 bits per heavy atom. The normalized spacial score (nSPS) is 14.0. The van der Waals surface area contributed by atoms with Crippen molar-refractivity contribution in [3.8, 4) is 22.9 Å².